The number of halogens is 1. The molecule has 1 aliphatic heterocycles. The Morgan fingerprint density at radius 3 is 2.75 bits per heavy atom. The molecule has 0 saturated heterocycles. The molecule has 0 radical (unpaired) electrons. The van der Waals surface area contributed by atoms with Gasteiger partial charge in [-0.3, -0.25) is 9.88 Å². The maximum absolute atomic E-state index is 6.28. The molecule has 0 fully saturated rings. The van der Waals surface area contributed by atoms with Gasteiger partial charge in [-0.1, -0.05) is 23.7 Å². The van der Waals surface area contributed by atoms with Crippen LogP contribution in [0.15, 0.2) is 67.1 Å². The molecule has 3 aromatic rings. The van der Waals surface area contributed by atoms with Crippen molar-refractivity contribution in [3.63, 3.8) is 0 Å². The second-order valence-electron chi connectivity index (χ2n) is 6.26. The highest BCUT2D eigenvalue weighted by atomic mass is 35.5. The topological polar surface area (TPSA) is 21.1 Å². The molecule has 0 bridgehead atoms. The van der Waals surface area contributed by atoms with Crippen molar-refractivity contribution in [1.82, 2.24) is 14.5 Å². The lowest BCUT2D eigenvalue weighted by molar-refractivity contribution is 0.220. The zero-order chi connectivity index (χ0) is 16.4. The van der Waals surface area contributed by atoms with Gasteiger partial charge in [0.2, 0.25) is 0 Å². The molecule has 0 saturated carbocycles. The van der Waals surface area contributed by atoms with Gasteiger partial charge in [0.1, 0.15) is 0 Å². The number of rotatable bonds is 3. The van der Waals surface area contributed by atoms with Crippen molar-refractivity contribution in [2.24, 2.45) is 0 Å². The number of benzene rings is 1. The molecule has 4 rings (SSSR count). The predicted octanol–water partition coefficient (Wildman–Crippen LogP) is 4.53. The maximum atomic E-state index is 6.28. The molecular formula is C20H20ClN3. The fourth-order valence-corrected chi connectivity index (χ4v) is 3.79. The van der Waals surface area contributed by atoms with Crippen molar-refractivity contribution in [1.29, 1.82) is 0 Å². The number of hydrogen-bond acceptors (Lipinski definition) is 2. The minimum Gasteiger partial charge on any atom is -0.350 e. The van der Waals surface area contributed by atoms with Crippen molar-refractivity contribution >= 4 is 11.6 Å². The molecule has 3 nitrogen and oxygen atoms in total. The monoisotopic (exact) mass is 337 g/mol. The molecule has 2 aromatic heterocycles. The first-order valence-corrected chi connectivity index (χ1v) is 8.72. The van der Waals surface area contributed by atoms with Crippen molar-refractivity contribution in [3.8, 4) is 0 Å². The van der Waals surface area contributed by atoms with Gasteiger partial charge >= 0.3 is 0 Å². The van der Waals surface area contributed by atoms with Gasteiger partial charge in [-0.25, -0.2) is 0 Å². The minimum atomic E-state index is 0.217. The summed E-state index contributed by atoms with van der Waals surface area (Å²) in [6.07, 6.45) is 7.06. The maximum Gasteiger partial charge on any atom is 0.0759 e. The van der Waals surface area contributed by atoms with E-state index in [4.69, 9.17) is 11.6 Å². The molecule has 1 atom stereocenters. The van der Waals surface area contributed by atoms with E-state index in [1.54, 1.807) is 0 Å². The van der Waals surface area contributed by atoms with Crippen LogP contribution in [0.5, 0.6) is 0 Å². The zero-order valence-electron chi connectivity index (χ0n) is 13.5. The van der Waals surface area contributed by atoms with Gasteiger partial charge in [0, 0.05) is 48.9 Å². The average molecular weight is 338 g/mol. The summed E-state index contributed by atoms with van der Waals surface area (Å²) < 4.78 is 2.37. The molecule has 0 N–H and O–H groups in total. The fourth-order valence-electron chi connectivity index (χ4n) is 3.59. The second kappa shape index (κ2) is 6.80. The van der Waals surface area contributed by atoms with Crippen molar-refractivity contribution < 1.29 is 0 Å². The number of nitrogens with zero attached hydrogens (tertiary/aromatic N) is 3. The van der Waals surface area contributed by atoms with Gasteiger partial charge in [-0.2, -0.15) is 0 Å². The Labute approximate surface area is 147 Å². The van der Waals surface area contributed by atoms with Crippen molar-refractivity contribution in [2.45, 2.75) is 25.6 Å². The number of aryl methyl sites for hydroxylation is 1. The minimum absolute atomic E-state index is 0.217. The highest BCUT2D eigenvalue weighted by Crippen LogP contribution is 2.33. The third-order valence-corrected chi connectivity index (χ3v) is 4.89. The van der Waals surface area contributed by atoms with E-state index in [0.29, 0.717) is 0 Å². The third kappa shape index (κ3) is 3.10. The van der Waals surface area contributed by atoms with Crippen LogP contribution in [0.2, 0.25) is 5.02 Å². The molecule has 24 heavy (non-hydrogen) atoms. The quantitative estimate of drug-likeness (QED) is 0.700. The summed E-state index contributed by atoms with van der Waals surface area (Å²) in [6.45, 7) is 3.03. The number of fused-ring (bicyclic) bond motifs is 1. The number of hydrogen-bond donors (Lipinski definition) is 0. The van der Waals surface area contributed by atoms with E-state index in [9.17, 15) is 0 Å². The molecule has 122 valence electrons. The van der Waals surface area contributed by atoms with Crippen molar-refractivity contribution in [3.05, 3.63) is 89.0 Å². The summed E-state index contributed by atoms with van der Waals surface area (Å²) in [5, 5.41) is 0.790. The van der Waals surface area contributed by atoms with Crippen LogP contribution in [0.3, 0.4) is 0 Å². The molecular weight excluding hydrogens is 318 g/mol. The van der Waals surface area contributed by atoms with Gasteiger partial charge in [-0.15, -0.1) is 0 Å². The van der Waals surface area contributed by atoms with Crippen LogP contribution < -0.4 is 0 Å². The van der Waals surface area contributed by atoms with Gasteiger partial charge < -0.3 is 4.57 Å². The molecule has 3 heterocycles. The molecule has 0 aliphatic carbocycles. The Morgan fingerprint density at radius 1 is 1.04 bits per heavy atom. The Morgan fingerprint density at radius 2 is 1.92 bits per heavy atom. The van der Waals surface area contributed by atoms with E-state index in [0.717, 1.165) is 31.1 Å². The summed E-state index contributed by atoms with van der Waals surface area (Å²) in [4.78, 5) is 6.67. The SMILES string of the molecule is Clc1cccc(C2c3cccn3CCCN2Cc2ccncc2)c1. The van der Waals surface area contributed by atoms with Crippen molar-refractivity contribution in [2.75, 3.05) is 6.54 Å². The normalized spacial score (nSPS) is 18.1. The van der Waals surface area contributed by atoms with E-state index < -0.39 is 0 Å². The van der Waals surface area contributed by atoms with Crippen LogP contribution in [0.1, 0.15) is 29.3 Å². The van der Waals surface area contributed by atoms with Crippen LogP contribution in [0, 0.1) is 0 Å². The fraction of sp³-hybridized carbons (Fsp3) is 0.250. The number of aromatic nitrogens is 2. The van der Waals surface area contributed by atoms with Gasteiger partial charge in [0.05, 0.1) is 6.04 Å². The predicted molar refractivity (Wildman–Crippen MR) is 97.0 cm³/mol. The van der Waals surface area contributed by atoms with E-state index in [-0.39, 0.29) is 6.04 Å². The summed E-state index contributed by atoms with van der Waals surface area (Å²) in [5.41, 5.74) is 3.87. The molecule has 1 aromatic carbocycles. The van der Waals surface area contributed by atoms with Gasteiger partial charge in [0.15, 0.2) is 0 Å². The first-order chi connectivity index (χ1) is 11.8. The second-order valence-corrected chi connectivity index (χ2v) is 6.70. The first-order valence-electron chi connectivity index (χ1n) is 8.35. The largest absolute Gasteiger partial charge is 0.350 e. The Balaban J connectivity index is 1.76. The van der Waals surface area contributed by atoms with E-state index in [1.807, 2.05) is 24.5 Å². The van der Waals surface area contributed by atoms with Gasteiger partial charge in [0.25, 0.3) is 0 Å². The lowest BCUT2D eigenvalue weighted by atomic mass is 10.0. The van der Waals surface area contributed by atoms with E-state index in [1.165, 1.54) is 16.8 Å². The van der Waals surface area contributed by atoms with Crippen LogP contribution in [-0.2, 0) is 13.1 Å². The third-order valence-electron chi connectivity index (χ3n) is 4.65. The van der Waals surface area contributed by atoms with Gasteiger partial charge in [-0.05, 0) is 53.9 Å². The smallest absolute Gasteiger partial charge is 0.0759 e. The van der Waals surface area contributed by atoms with E-state index in [2.05, 4.69) is 57.0 Å². The molecule has 0 amide bonds. The summed E-state index contributed by atoms with van der Waals surface area (Å²) >= 11 is 6.28. The Kier molecular flexibility index (Phi) is 4.37. The van der Waals surface area contributed by atoms with E-state index >= 15 is 0 Å². The average Bonchev–Trinajstić information content (AvgIpc) is 2.97. The summed E-state index contributed by atoms with van der Waals surface area (Å²) in [6, 6.07) is 17.0. The molecule has 1 aliphatic rings. The summed E-state index contributed by atoms with van der Waals surface area (Å²) in [7, 11) is 0. The highest BCUT2D eigenvalue weighted by Gasteiger charge is 2.27. The van der Waals surface area contributed by atoms with Crippen LogP contribution in [0.4, 0.5) is 0 Å². The summed E-state index contributed by atoms with van der Waals surface area (Å²) in [5.74, 6) is 0. The molecule has 4 heteroatoms. The lowest BCUT2D eigenvalue weighted by Crippen LogP contribution is -2.29. The number of pyridine rings is 1. The standard InChI is InChI=1S/C20H20ClN3/c21-18-5-1-4-17(14-18)20-19-6-2-11-23(19)12-3-13-24(20)15-16-7-9-22-10-8-16/h1-2,4-11,14,20H,3,12-13,15H2. The molecule has 1 unspecified atom stereocenters. The van der Waals surface area contributed by atoms with Crippen LogP contribution in [0.25, 0.3) is 0 Å². The van der Waals surface area contributed by atoms with Crippen LogP contribution in [-0.4, -0.2) is 21.0 Å². The zero-order valence-corrected chi connectivity index (χ0v) is 14.2. The highest BCUT2D eigenvalue weighted by molar-refractivity contribution is 6.30. The molecule has 0 spiro atoms. The lowest BCUT2D eigenvalue weighted by Gasteiger charge is -2.30. The first kappa shape index (κ1) is 15.4. The Bertz CT molecular complexity index is 813. The Hall–Kier alpha value is -2.10. The van der Waals surface area contributed by atoms with Crippen LogP contribution >= 0.6 is 11.6 Å².